The van der Waals surface area contributed by atoms with Gasteiger partial charge in [-0.1, -0.05) is 0 Å². The number of halogens is 2. The Labute approximate surface area is 122 Å². The van der Waals surface area contributed by atoms with Crippen LogP contribution in [0.25, 0.3) is 0 Å². The number of fused-ring (bicyclic) bond motifs is 1. The van der Waals surface area contributed by atoms with Gasteiger partial charge in [0.05, 0.1) is 12.1 Å². The summed E-state index contributed by atoms with van der Waals surface area (Å²) in [6.45, 7) is 2.65. The second kappa shape index (κ2) is 6.58. The van der Waals surface area contributed by atoms with E-state index in [0.717, 1.165) is 0 Å². The van der Waals surface area contributed by atoms with Gasteiger partial charge in [-0.2, -0.15) is 0 Å². The van der Waals surface area contributed by atoms with E-state index in [9.17, 15) is 9.67 Å². The average Bonchev–Trinajstić information content (AvgIpc) is 2.67. The molecule has 112 valence electrons. The molecule has 2 fully saturated rings. The summed E-state index contributed by atoms with van der Waals surface area (Å²) in [7, 11) is -3.16. The van der Waals surface area contributed by atoms with Crippen molar-refractivity contribution in [3.05, 3.63) is 0 Å². The van der Waals surface area contributed by atoms with Crippen molar-refractivity contribution < 1.29 is 18.9 Å². The zero-order valence-electron chi connectivity index (χ0n) is 10.7. The Morgan fingerprint density at radius 3 is 2.63 bits per heavy atom. The Morgan fingerprint density at radius 1 is 1.42 bits per heavy atom. The minimum absolute atomic E-state index is 0.183. The van der Waals surface area contributed by atoms with E-state index in [4.69, 9.17) is 32.5 Å². The van der Waals surface area contributed by atoms with E-state index in [-0.39, 0.29) is 18.2 Å². The van der Waals surface area contributed by atoms with Crippen LogP contribution >= 0.6 is 30.9 Å². The van der Waals surface area contributed by atoms with Gasteiger partial charge in [0.25, 0.3) is 0 Å². The summed E-state index contributed by atoms with van der Waals surface area (Å²) in [4.78, 5) is 0. The number of nitrogens with one attached hydrogen (secondary N) is 1. The summed E-state index contributed by atoms with van der Waals surface area (Å²) >= 11 is 11.4. The largest absolute Gasteiger partial charge is 0.368 e. The van der Waals surface area contributed by atoms with E-state index >= 15 is 0 Å². The van der Waals surface area contributed by atoms with Crippen LogP contribution in [-0.2, 0) is 13.8 Å². The molecule has 0 bridgehead atoms. The SMILES string of the molecule is C[C@@H]1O[C@@H](O)C[C@@H]2NP(=O)(N(CCCl)CCCl)O[C@@H]21. The molecule has 2 saturated heterocycles. The Morgan fingerprint density at radius 2 is 2.05 bits per heavy atom. The molecular formula is C10H19Cl2N2O4P. The summed E-state index contributed by atoms with van der Waals surface area (Å²) in [5.41, 5.74) is 0. The van der Waals surface area contributed by atoms with Gasteiger partial charge in [0.2, 0.25) is 0 Å². The highest BCUT2D eigenvalue weighted by Crippen LogP contribution is 2.55. The lowest BCUT2D eigenvalue weighted by atomic mass is 10.0. The van der Waals surface area contributed by atoms with Gasteiger partial charge in [-0.05, 0) is 6.92 Å². The van der Waals surface area contributed by atoms with E-state index < -0.39 is 14.0 Å². The van der Waals surface area contributed by atoms with Crippen LogP contribution in [0.1, 0.15) is 13.3 Å². The molecule has 1 unspecified atom stereocenters. The van der Waals surface area contributed by atoms with Gasteiger partial charge in [0, 0.05) is 31.3 Å². The molecule has 2 aliphatic rings. The maximum absolute atomic E-state index is 12.8. The van der Waals surface area contributed by atoms with Crippen LogP contribution in [0.4, 0.5) is 0 Å². The standard InChI is InChI=1S/C10H19Cl2N2O4P/c1-7-10-8(6-9(15)17-7)13-19(16,18-10)14(4-2-11)5-3-12/h7-10,15H,2-6H2,1H3,(H,13,16)/t7-,8-,9+,10+,19?/m0/s1. The molecule has 9 heteroatoms. The zero-order valence-corrected chi connectivity index (χ0v) is 13.1. The van der Waals surface area contributed by atoms with Crippen molar-refractivity contribution in [1.82, 2.24) is 9.76 Å². The predicted octanol–water partition coefficient (Wildman–Crippen LogP) is 1.36. The summed E-state index contributed by atoms with van der Waals surface area (Å²) in [6, 6.07) is -0.183. The highest BCUT2D eigenvalue weighted by molar-refractivity contribution is 7.54. The molecule has 2 N–H and O–H groups in total. The lowest BCUT2D eigenvalue weighted by Crippen LogP contribution is -2.48. The molecule has 2 aliphatic heterocycles. The molecule has 0 radical (unpaired) electrons. The topological polar surface area (TPSA) is 71.0 Å². The highest BCUT2D eigenvalue weighted by Gasteiger charge is 2.51. The number of hydrogen-bond acceptors (Lipinski definition) is 4. The molecule has 6 nitrogen and oxygen atoms in total. The van der Waals surface area contributed by atoms with Gasteiger partial charge in [-0.3, -0.25) is 9.09 Å². The van der Waals surface area contributed by atoms with Crippen LogP contribution in [0.15, 0.2) is 0 Å². The third-order valence-corrected chi connectivity index (χ3v) is 6.01. The van der Waals surface area contributed by atoms with Crippen molar-refractivity contribution in [3.63, 3.8) is 0 Å². The molecule has 0 aromatic rings. The fourth-order valence-electron chi connectivity index (χ4n) is 2.47. The number of alkyl halides is 2. The molecule has 0 spiro atoms. The van der Waals surface area contributed by atoms with Crippen LogP contribution in [0.2, 0.25) is 0 Å². The van der Waals surface area contributed by atoms with Crippen LogP contribution in [0.3, 0.4) is 0 Å². The number of nitrogens with zero attached hydrogens (tertiary/aromatic N) is 1. The minimum atomic E-state index is -3.16. The maximum Gasteiger partial charge on any atom is 0.344 e. The molecule has 0 saturated carbocycles. The average molecular weight is 333 g/mol. The summed E-state index contributed by atoms with van der Waals surface area (Å²) in [5.74, 6) is 0.686. The number of rotatable bonds is 5. The first-order valence-electron chi connectivity index (χ1n) is 6.27. The Bertz CT molecular complexity index is 356. The fraction of sp³-hybridized carbons (Fsp3) is 1.00. The van der Waals surface area contributed by atoms with E-state index in [2.05, 4.69) is 5.09 Å². The highest BCUT2D eigenvalue weighted by atomic mass is 35.5. The molecule has 19 heavy (non-hydrogen) atoms. The van der Waals surface area contributed by atoms with Crippen molar-refractivity contribution >= 4 is 30.9 Å². The molecule has 5 atom stereocenters. The number of aliphatic hydroxyl groups is 1. The molecule has 0 aromatic heterocycles. The number of hydrogen-bond donors (Lipinski definition) is 2. The lowest BCUT2D eigenvalue weighted by Gasteiger charge is -2.32. The maximum atomic E-state index is 12.8. The first-order chi connectivity index (χ1) is 9.00. The lowest BCUT2D eigenvalue weighted by molar-refractivity contribution is -0.189. The third-order valence-electron chi connectivity index (χ3n) is 3.34. The van der Waals surface area contributed by atoms with Gasteiger partial charge in [0.1, 0.15) is 6.10 Å². The smallest absolute Gasteiger partial charge is 0.344 e. The van der Waals surface area contributed by atoms with Crippen LogP contribution in [-0.4, -0.2) is 59.2 Å². The minimum Gasteiger partial charge on any atom is -0.368 e. The van der Waals surface area contributed by atoms with Gasteiger partial charge >= 0.3 is 7.67 Å². The fourth-order valence-corrected chi connectivity index (χ4v) is 5.52. The van der Waals surface area contributed by atoms with Crippen molar-refractivity contribution in [3.8, 4) is 0 Å². The Balaban J connectivity index is 2.11. The number of aliphatic hydroxyl groups excluding tert-OH is 1. The number of ether oxygens (including phenoxy) is 1. The van der Waals surface area contributed by atoms with E-state index in [0.29, 0.717) is 31.3 Å². The van der Waals surface area contributed by atoms with Gasteiger partial charge in [-0.15, -0.1) is 23.2 Å². The van der Waals surface area contributed by atoms with Gasteiger partial charge in [0.15, 0.2) is 6.29 Å². The second-order valence-electron chi connectivity index (χ2n) is 4.69. The monoisotopic (exact) mass is 332 g/mol. The van der Waals surface area contributed by atoms with Crippen molar-refractivity contribution in [2.24, 2.45) is 0 Å². The van der Waals surface area contributed by atoms with E-state index in [1.54, 1.807) is 11.6 Å². The molecular weight excluding hydrogens is 314 g/mol. The first-order valence-corrected chi connectivity index (χ1v) is 8.92. The summed E-state index contributed by atoms with van der Waals surface area (Å²) in [6.07, 6.45) is -1.14. The summed E-state index contributed by atoms with van der Waals surface area (Å²) < 4.78 is 25.5. The quantitative estimate of drug-likeness (QED) is 0.585. The zero-order chi connectivity index (χ0) is 14.0. The normalized spacial score (nSPS) is 42.6. The third kappa shape index (κ3) is 3.44. The van der Waals surface area contributed by atoms with Crippen LogP contribution in [0, 0.1) is 0 Å². The molecule has 0 aliphatic carbocycles. The van der Waals surface area contributed by atoms with E-state index in [1.165, 1.54) is 0 Å². The van der Waals surface area contributed by atoms with E-state index in [1.807, 2.05) is 0 Å². The molecule has 2 rings (SSSR count). The molecule has 0 aromatic carbocycles. The van der Waals surface area contributed by atoms with Crippen molar-refractivity contribution in [1.29, 1.82) is 0 Å². The molecule has 2 heterocycles. The van der Waals surface area contributed by atoms with Crippen LogP contribution < -0.4 is 5.09 Å². The van der Waals surface area contributed by atoms with Crippen molar-refractivity contribution in [2.75, 3.05) is 24.8 Å². The Hall–Kier alpha value is 0.610. The first kappa shape index (κ1) is 16.0. The van der Waals surface area contributed by atoms with Crippen LogP contribution in [0.5, 0.6) is 0 Å². The van der Waals surface area contributed by atoms with Crippen molar-refractivity contribution in [2.45, 2.75) is 37.9 Å². The predicted molar refractivity (Wildman–Crippen MR) is 73.6 cm³/mol. The van der Waals surface area contributed by atoms with Gasteiger partial charge in [-0.25, -0.2) is 9.76 Å². The second-order valence-corrected chi connectivity index (χ2v) is 7.52. The van der Waals surface area contributed by atoms with Gasteiger partial charge < -0.3 is 9.84 Å². The summed E-state index contributed by atoms with van der Waals surface area (Å²) in [5, 5.41) is 12.6. The molecule has 0 amide bonds. The Kier molecular flexibility index (Phi) is 5.54.